The van der Waals surface area contributed by atoms with Crippen molar-refractivity contribution in [1.29, 1.82) is 0 Å². The highest BCUT2D eigenvalue weighted by molar-refractivity contribution is 5.59. The number of likely N-dealkylation sites (tertiary alicyclic amines) is 1. The van der Waals surface area contributed by atoms with Gasteiger partial charge in [-0.3, -0.25) is 0 Å². The molecule has 28 heavy (non-hydrogen) atoms. The van der Waals surface area contributed by atoms with E-state index in [0.29, 0.717) is 5.41 Å². The van der Waals surface area contributed by atoms with Crippen molar-refractivity contribution in [2.45, 2.75) is 51.0 Å². The molecule has 1 aromatic heterocycles. The first-order chi connectivity index (χ1) is 13.7. The zero-order valence-electron chi connectivity index (χ0n) is 16.5. The summed E-state index contributed by atoms with van der Waals surface area (Å²) >= 11 is 0. The van der Waals surface area contributed by atoms with Crippen LogP contribution in [-0.4, -0.2) is 47.3 Å². The highest BCUT2D eigenvalue weighted by Gasteiger charge is 2.39. The second kappa shape index (κ2) is 7.43. The third-order valence-electron chi connectivity index (χ3n) is 7.39. The Bertz CT molecular complexity index is 782. The molecule has 2 saturated heterocycles. The molecular weight excluding hydrogens is 351 g/mol. The fraction of sp³-hybridized carbons (Fsp3) is 0.565. The first kappa shape index (κ1) is 18.0. The number of nitrogens with zero attached hydrogens (tertiary/aromatic N) is 4. The molecule has 5 rings (SSSR count). The van der Waals surface area contributed by atoms with E-state index in [4.69, 9.17) is 0 Å². The lowest BCUT2D eigenvalue weighted by Gasteiger charge is -2.50. The zero-order valence-corrected chi connectivity index (χ0v) is 16.5. The number of rotatable bonds is 3. The van der Waals surface area contributed by atoms with Crippen molar-refractivity contribution < 1.29 is 4.39 Å². The van der Waals surface area contributed by atoms with Crippen molar-refractivity contribution in [3.05, 3.63) is 42.2 Å². The van der Waals surface area contributed by atoms with Gasteiger partial charge in [0.05, 0.1) is 5.69 Å². The molecule has 0 atom stereocenters. The number of hydrogen-bond donors (Lipinski definition) is 0. The summed E-state index contributed by atoms with van der Waals surface area (Å²) in [4.78, 5) is 5.13. The minimum absolute atomic E-state index is 0.228. The van der Waals surface area contributed by atoms with Crippen LogP contribution in [0.25, 0.3) is 11.3 Å². The molecule has 0 unspecified atom stereocenters. The molecule has 2 aromatic rings. The summed E-state index contributed by atoms with van der Waals surface area (Å²) in [6, 6.07) is 11.4. The molecular formula is C23H29FN4. The van der Waals surface area contributed by atoms with Crippen LogP contribution in [0, 0.1) is 11.2 Å². The number of hydrogen-bond acceptors (Lipinski definition) is 4. The minimum atomic E-state index is -0.228. The van der Waals surface area contributed by atoms with Gasteiger partial charge in [-0.2, -0.15) is 0 Å². The number of halogens is 1. The van der Waals surface area contributed by atoms with Gasteiger partial charge in [0, 0.05) is 24.7 Å². The van der Waals surface area contributed by atoms with Crippen molar-refractivity contribution in [2.24, 2.45) is 5.41 Å². The fourth-order valence-corrected chi connectivity index (χ4v) is 5.09. The summed E-state index contributed by atoms with van der Waals surface area (Å²) in [5.41, 5.74) is 2.25. The molecule has 1 spiro atoms. The third-order valence-corrected chi connectivity index (χ3v) is 7.39. The Balaban J connectivity index is 1.18. The minimum Gasteiger partial charge on any atom is -0.355 e. The number of piperidine rings is 2. The van der Waals surface area contributed by atoms with E-state index in [0.717, 1.165) is 36.2 Å². The van der Waals surface area contributed by atoms with E-state index >= 15 is 0 Å². The zero-order chi connectivity index (χ0) is 19.0. The van der Waals surface area contributed by atoms with Crippen LogP contribution in [0.3, 0.4) is 0 Å². The number of anilines is 1. The van der Waals surface area contributed by atoms with E-state index in [2.05, 4.69) is 26.1 Å². The molecule has 0 radical (unpaired) electrons. The largest absolute Gasteiger partial charge is 0.355 e. The van der Waals surface area contributed by atoms with Gasteiger partial charge in [-0.05, 0) is 93.4 Å². The first-order valence-electron chi connectivity index (χ1n) is 10.8. The molecule has 5 heteroatoms. The SMILES string of the molecule is Fc1ccc(-c2ccc(N3CCC4(CC3)CCN(C3CCC3)CC4)nn2)cc1. The predicted octanol–water partition coefficient (Wildman–Crippen LogP) is 4.52. The van der Waals surface area contributed by atoms with Crippen LogP contribution in [0.2, 0.25) is 0 Å². The van der Waals surface area contributed by atoms with E-state index in [1.165, 1.54) is 70.2 Å². The predicted molar refractivity (Wildman–Crippen MR) is 110 cm³/mol. The Morgan fingerprint density at radius 3 is 2.07 bits per heavy atom. The molecule has 3 aliphatic rings. The van der Waals surface area contributed by atoms with Gasteiger partial charge in [0.2, 0.25) is 0 Å². The Hall–Kier alpha value is -2.01. The quantitative estimate of drug-likeness (QED) is 0.784. The Morgan fingerprint density at radius 1 is 0.821 bits per heavy atom. The summed E-state index contributed by atoms with van der Waals surface area (Å²) in [7, 11) is 0. The second-order valence-electron chi connectivity index (χ2n) is 8.89. The number of aromatic nitrogens is 2. The Morgan fingerprint density at radius 2 is 1.50 bits per heavy atom. The molecule has 2 aliphatic heterocycles. The van der Waals surface area contributed by atoms with Crippen LogP contribution in [0.4, 0.5) is 10.2 Å². The molecule has 3 fully saturated rings. The van der Waals surface area contributed by atoms with Crippen molar-refractivity contribution in [3.63, 3.8) is 0 Å². The van der Waals surface area contributed by atoms with Crippen molar-refractivity contribution in [3.8, 4) is 11.3 Å². The van der Waals surface area contributed by atoms with Gasteiger partial charge in [-0.25, -0.2) is 4.39 Å². The van der Waals surface area contributed by atoms with Crippen molar-refractivity contribution >= 4 is 5.82 Å². The highest BCUT2D eigenvalue weighted by atomic mass is 19.1. The third kappa shape index (κ3) is 3.52. The van der Waals surface area contributed by atoms with Gasteiger partial charge in [0.15, 0.2) is 5.82 Å². The van der Waals surface area contributed by atoms with Crippen LogP contribution < -0.4 is 4.90 Å². The van der Waals surface area contributed by atoms with Crippen molar-refractivity contribution in [2.75, 3.05) is 31.1 Å². The first-order valence-corrected chi connectivity index (χ1v) is 10.8. The monoisotopic (exact) mass is 380 g/mol. The standard InChI is InChI=1S/C23H29FN4/c24-19-6-4-18(5-7-19)21-8-9-22(26-25-21)28-16-12-23(13-17-28)10-14-27(15-11-23)20-2-1-3-20/h4-9,20H,1-3,10-17H2. The maximum Gasteiger partial charge on any atom is 0.151 e. The van der Waals surface area contributed by atoms with Crippen LogP contribution in [0.15, 0.2) is 36.4 Å². The van der Waals surface area contributed by atoms with Gasteiger partial charge in [0.25, 0.3) is 0 Å². The van der Waals surface area contributed by atoms with Gasteiger partial charge >= 0.3 is 0 Å². The second-order valence-corrected chi connectivity index (χ2v) is 8.89. The van der Waals surface area contributed by atoms with Crippen LogP contribution >= 0.6 is 0 Å². The van der Waals surface area contributed by atoms with E-state index in [9.17, 15) is 4.39 Å². The summed E-state index contributed by atoms with van der Waals surface area (Å²) < 4.78 is 13.1. The molecule has 0 amide bonds. The average Bonchev–Trinajstić information content (AvgIpc) is 2.70. The normalized spacial score (nSPS) is 23.0. The number of benzene rings is 1. The lowest BCUT2D eigenvalue weighted by atomic mass is 9.70. The van der Waals surface area contributed by atoms with Crippen LogP contribution in [0.1, 0.15) is 44.9 Å². The van der Waals surface area contributed by atoms with Crippen molar-refractivity contribution in [1.82, 2.24) is 15.1 Å². The molecule has 3 heterocycles. The topological polar surface area (TPSA) is 32.3 Å². The van der Waals surface area contributed by atoms with E-state index in [-0.39, 0.29) is 5.82 Å². The molecule has 1 saturated carbocycles. The fourth-order valence-electron chi connectivity index (χ4n) is 5.09. The maximum atomic E-state index is 13.1. The Kier molecular flexibility index (Phi) is 4.79. The summed E-state index contributed by atoms with van der Waals surface area (Å²) in [5, 5.41) is 8.84. The lowest BCUT2D eigenvalue weighted by molar-refractivity contribution is 0.0305. The van der Waals surface area contributed by atoms with E-state index in [1.54, 1.807) is 12.1 Å². The molecule has 1 aromatic carbocycles. The van der Waals surface area contributed by atoms with Crippen LogP contribution in [0.5, 0.6) is 0 Å². The van der Waals surface area contributed by atoms with E-state index in [1.807, 2.05) is 6.07 Å². The summed E-state index contributed by atoms with van der Waals surface area (Å²) in [6.07, 6.45) is 9.56. The summed E-state index contributed by atoms with van der Waals surface area (Å²) in [5.74, 6) is 0.738. The summed E-state index contributed by atoms with van der Waals surface area (Å²) in [6.45, 7) is 4.76. The Labute approximate surface area is 166 Å². The highest BCUT2D eigenvalue weighted by Crippen LogP contribution is 2.43. The van der Waals surface area contributed by atoms with E-state index < -0.39 is 0 Å². The van der Waals surface area contributed by atoms with Gasteiger partial charge < -0.3 is 9.80 Å². The van der Waals surface area contributed by atoms with Gasteiger partial charge in [-0.15, -0.1) is 10.2 Å². The smallest absolute Gasteiger partial charge is 0.151 e. The molecule has 148 valence electrons. The molecule has 4 nitrogen and oxygen atoms in total. The molecule has 0 N–H and O–H groups in total. The maximum absolute atomic E-state index is 13.1. The lowest BCUT2D eigenvalue weighted by Crippen LogP contribution is -2.51. The average molecular weight is 381 g/mol. The molecule has 0 bridgehead atoms. The van der Waals surface area contributed by atoms with Gasteiger partial charge in [0.1, 0.15) is 5.82 Å². The van der Waals surface area contributed by atoms with Gasteiger partial charge in [-0.1, -0.05) is 6.42 Å². The molecule has 1 aliphatic carbocycles. The van der Waals surface area contributed by atoms with Crippen LogP contribution in [-0.2, 0) is 0 Å².